The molecule has 3 rings (SSSR count). The van der Waals surface area contributed by atoms with E-state index < -0.39 is 0 Å². The van der Waals surface area contributed by atoms with Crippen LogP contribution in [0.4, 0.5) is 5.82 Å². The number of benzene rings is 1. The predicted molar refractivity (Wildman–Crippen MR) is 81.5 cm³/mol. The van der Waals surface area contributed by atoms with Gasteiger partial charge in [-0.3, -0.25) is 0 Å². The Balaban J connectivity index is 1.93. The number of nitrogens with one attached hydrogen (secondary N) is 1. The van der Waals surface area contributed by atoms with Crippen molar-refractivity contribution in [3.8, 4) is 5.75 Å². The van der Waals surface area contributed by atoms with Gasteiger partial charge in [-0.05, 0) is 24.6 Å². The fourth-order valence-corrected chi connectivity index (χ4v) is 2.31. The van der Waals surface area contributed by atoms with E-state index in [4.69, 9.17) is 4.74 Å². The van der Waals surface area contributed by atoms with Gasteiger partial charge < -0.3 is 14.6 Å². The Morgan fingerprint density at radius 1 is 1.14 bits per heavy atom. The maximum atomic E-state index is 5.19. The quantitative estimate of drug-likeness (QED) is 0.797. The fourth-order valence-electron chi connectivity index (χ4n) is 2.31. The second kappa shape index (κ2) is 5.40. The molecule has 1 N–H and O–H groups in total. The molecule has 1 aromatic carbocycles. The summed E-state index contributed by atoms with van der Waals surface area (Å²) in [5.74, 6) is 1.69. The molecule has 3 aromatic rings. The van der Waals surface area contributed by atoms with Crippen LogP contribution in [0, 0.1) is 0 Å². The summed E-state index contributed by atoms with van der Waals surface area (Å²) in [5.41, 5.74) is 2.71. The normalized spacial score (nSPS) is 12.3. The van der Waals surface area contributed by atoms with Crippen molar-refractivity contribution in [2.45, 2.75) is 13.0 Å². The maximum Gasteiger partial charge on any atom is 0.182 e. The van der Waals surface area contributed by atoms with E-state index in [1.165, 1.54) is 11.9 Å². The van der Waals surface area contributed by atoms with Crippen molar-refractivity contribution in [3.05, 3.63) is 42.5 Å². The summed E-state index contributed by atoms with van der Waals surface area (Å²) in [7, 11) is 3.68. The third kappa shape index (κ3) is 2.40. The topological polar surface area (TPSA) is 66.9 Å². The van der Waals surface area contributed by atoms with E-state index in [0.29, 0.717) is 5.65 Å². The van der Waals surface area contributed by atoms with Crippen molar-refractivity contribution in [3.63, 3.8) is 0 Å². The summed E-state index contributed by atoms with van der Waals surface area (Å²) < 4.78 is 5.19. The molecule has 0 saturated heterocycles. The number of fused-ring (bicyclic) bond motifs is 1. The van der Waals surface area contributed by atoms with E-state index in [1.807, 2.05) is 19.2 Å². The van der Waals surface area contributed by atoms with Crippen LogP contribution in [-0.2, 0) is 0 Å². The standard InChI is InChI=1S/C15H17N5O/c1-10(11-4-6-12(21-3)7-5-11)20(2)15-13-14(17-8-16-13)18-9-19-15/h4-10H,1-3H3,(H,16,17,18,19). The Morgan fingerprint density at radius 3 is 2.62 bits per heavy atom. The number of methoxy groups -OCH3 is 1. The minimum Gasteiger partial charge on any atom is -0.497 e. The first-order chi connectivity index (χ1) is 10.2. The van der Waals surface area contributed by atoms with Gasteiger partial charge in [0.2, 0.25) is 0 Å². The first-order valence-electron chi connectivity index (χ1n) is 6.71. The van der Waals surface area contributed by atoms with Crippen LogP contribution in [0.5, 0.6) is 5.75 Å². The summed E-state index contributed by atoms with van der Waals surface area (Å²) in [6.07, 6.45) is 3.17. The summed E-state index contributed by atoms with van der Waals surface area (Å²) in [6, 6.07) is 8.21. The molecule has 0 fully saturated rings. The lowest BCUT2D eigenvalue weighted by Gasteiger charge is -2.26. The van der Waals surface area contributed by atoms with E-state index in [2.05, 4.69) is 43.9 Å². The van der Waals surface area contributed by atoms with E-state index in [-0.39, 0.29) is 6.04 Å². The monoisotopic (exact) mass is 283 g/mol. The van der Waals surface area contributed by atoms with Crippen LogP contribution < -0.4 is 9.64 Å². The van der Waals surface area contributed by atoms with E-state index in [1.54, 1.807) is 13.4 Å². The summed E-state index contributed by atoms with van der Waals surface area (Å²) in [6.45, 7) is 2.13. The van der Waals surface area contributed by atoms with Gasteiger partial charge >= 0.3 is 0 Å². The Hall–Kier alpha value is -2.63. The second-order valence-electron chi connectivity index (χ2n) is 4.86. The summed E-state index contributed by atoms with van der Waals surface area (Å²) in [5, 5.41) is 0. The van der Waals surface area contributed by atoms with Crippen LogP contribution >= 0.6 is 0 Å². The highest BCUT2D eigenvalue weighted by atomic mass is 16.5. The largest absolute Gasteiger partial charge is 0.497 e. The molecule has 0 spiro atoms. The lowest BCUT2D eigenvalue weighted by Crippen LogP contribution is -2.23. The van der Waals surface area contributed by atoms with Crippen molar-refractivity contribution < 1.29 is 4.74 Å². The lowest BCUT2D eigenvalue weighted by molar-refractivity contribution is 0.414. The molecule has 2 heterocycles. The van der Waals surface area contributed by atoms with Crippen LogP contribution in [0.15, 0.2) is 36.9 Å². The molecule has 0 amide bonds. The zero-order chi connectivity index (χ0) is 14.8. The Bertz CT molecular complexity index is 737. The minimum absolute atomic E-state index is 0.164. The lowest BCUT2D eigenvalue weighted by atomic mass is 10.1. The Kier molecular flexibility index (Phi) is 3.43. The molecule has 21 heavy (non-hydrogen) atoms. The highest BCUT2D eigenvalue weighted by Gasteiger charge is 2.17. The van der Waals surface area contributed by atoms with E-state index in [0.717, 1.165) is 17.1 Å². The third-order valence-corrected chi connectivity index (χ3v) is 3.72. The number of H-pyrrole nitrogens is 1. The summed E-state index contributed by atoms with van der Waals surface area (Å²) in [4.78, 5) is 17.9. The van der Waals surface area contributed by atoms with Gasteiger partial charge in [-0.2, -0.15) is 0 Å². The molecule has 0 bridgehead atoms. The Morgan fingerprint density at radius 2 is 1.90 bits per heavy atom. The second-order valence-corrected chi connectivity index (χ2v) is 4.86. The number of rotatable bonds is 4. The zero-order valence-corrected chi connectivity index (χ0v) is 12.2. The van der Waals surface area contributed by atoms with Gasteiger partial charge in [-0.25, -0.2) is 15.0 Å². The van der Waals surface area contributed by atoms with Crippen molar-refractivity contribution >= 4 is 17.0 Å². The molecule has 0 aliphatic heterocycles. The molecule has 0 aliphatic carbocycles. The Labute approximate surface area is 122 Å². The van der Waals surface area contributed by atoms with Crippen molar-refractivity contribution in [1.82, 2.24) is 19.9 Å². The molecule has 0 saturated carbocycles. The van der Waals surface area contributed by atoms with Gasteiger partial charge in [0, 0.05) is 7.05 Å². The molecule has 0 radical (unpaired) electrons. The number of anilines is 1. The average Bonchev–Trinajstić information content (AvgIpc) is 3.02. The molecule has 108 valence electrons. The molecule has 6 nitrogen and oxygen atoms in total. The first kappa shape index (κ1) is 13.4. The fraction of sp³-hybridized carbons (Fsp3) is 0.267. The highest BCUT2D eigenvalue weighted by molar-refractivity contribution is 5.82. The van der Waals surface area contributed by atoms with Gasteiger partial charge in [0.1, 0.15) is 17.6 Å². The van der Waals surface area contributed by atoms with E-state index >= 15 is 0 Å². The van der Waals surface area contributed by atoms with Gasteiger partial charge in [0.15, 0.2) is 11.5 Å². The molecule has 2 aromatic heterocycles. The van der Waals surface area contributed by atoms with Gasteiger partial charge in [-0.1, -0.05) is 12.1 Å². The van der Waals surface area contributed by atoms with Crippen molar-refractivity contribution in [2.24, 2.45) is 0 Å². The number of ether oxygens (including phenoxy) is 1. The molecular weight excluding hydrogens is 266 g/mol. The van der Waals surface area contributed by atoms with Crippen LogP contribution in [0.3, 0.4) is 0 Å². The van der Waals surface area contributed by atoms with Crippen molar-refractivity contribution in [2.75, 3.05) is 19.1 Å². The minimum atomic E-state index is 0.164. The van der Waals surface area contributed by atoms with Crippen LogP contribution in [0.1, 0.15) is 18.5 Å². The third-order valence-electron chi connectivity index (χ3n) is 3.72. The summed E-state index contributed by atoms with van der Waals surface area (Å²) >= 11 is 0. The van der Waals surface area contributed by atoms with Gasteiger partial charge in [0.25, 0.3) is 0 Å². The number of aromatic amines is 1. The average molecular weight is 283 g/mol. The molecule has 1 unspecified atom stereocenters. The smallest absolute Gasteiger partial charge is 0.182 e. The van der Waals surface area contributed by atoms with Crippen LogP contribution in [0.25, 0.3) is 11.2 Å². The number of hydrogen-bond acceptors (Lipinski definition) is 5. The SMILES string of the molecule is COc1ccc(C(C)N(C)c2ncnc3nc[nH]c23)cc1. The molecule has 0 aliphatic rings. The van der Waals surface area contributed by atoms with Gasteiger partial charge in [0.05, 0.1) is 19.5 Å². The zero-order valence-electron chi connectivity index (χ0n) is 12.2. The van der Waals surface area contributed by atoms with Gasteiger partial charge in [-0.15, -0.1) is 0 Å². The number of imidazole rings is 1. The number of nitrogens with zero attached hydrogens (tertiary/aromatic N) is 4. The van der Waals surface area contributed by atoms with Crippen LogP contribution in [0.2, 0.25) is 0 Å². The van der Waals surface area contributed by atoms with Crippen molar-refractivity contribution in [1.29, 1.82) is 0 Å². The highest BCUT2D eigenvalue weighted by Crippen LogP contribution is 2.28. The number of hydrogen-bond donors (Lipinski definition) is 1. The predicted octanol–water partition coefficient (Wildman–Crippen LogP) is 2.56. The number of aromatic nitrogens is 4. The molecular formula is C15H17N5O. The first-order valence-corrected chi connectivity index (χ1v) is 6.71. The van der Waals surface area contributed by atoms with E-state index in [9.17, 15) is 0 Å². The maximum absolute atomic E-state index is 5.19. The van der Waals surface area contributed by atoms with Crippen LogP contribution in [-0.4, -0.2) is 34.1 Å². The molecule has 1 atom stereocenters. The molecule has 6 heteroatoms.